The topological polar surface area (TPSA) is 86.9 Å². The first-order valence-corrected chi connectivity index (χ1v) is 9.90. The third-order valence-electron chi connectivity index (χ3n) is 5.87. The minimum atomic E-state index is -1.10. The number of likely N-dealkylation sites (N-methyl/N-ethyl adjacent to an activating group) is 1. The Kier molecular flexibility index (Phi) is 6.07. The normalized spacial score (nSPS) is 24.7. The van der Waals surface area contributed by atoms with Gasteiger partial charge in [0, 0.05) is 25.5 Å². The van der Waals surface area contributed by atoms with Crippen LogP contribution in [-0.2, 0) is 16.1 Å². The summed E-state index contributed by atoms with van der Waals surface area (Å²) >= 11 is 0. The Bertz CT molecular complexity index is 837. The van der Waals surface area contributed by atoms with Crippen molar-refractivity contribution in [1.29, 1.82) is 0 Å². The third kappa shape index (κ3) is 4.05. The van der Waals surface area contributed by atoms with E-state index in [4.69, 9.17) is 4.42 Å². The van der Waals surface area contributed by atoms with E-state index < -0.39 is 17.4 Å². The number of aromatic nitrogens is 1. The van der Waals surface area contributed by atoms with E-state index in [1.807, 2.05) is 44.0 Å². The maximum Gasteiger partial charge on any atom is 0.324 e. The average Bonchev–Trinajstić information content (AvgIpc) is 3.28. The fourth-order valence-electron chi connectivity index (χ4n) is 4.61. The zero-order chi connectivity index (χ0) is 21.2. The van der Waals surface area contributed by atoms with Crippen molar-refractivity contribution >= 4 is 11.9 Å². The van der Waals surface area contributed by atoms with Gasteiger partial charge in [0.05, 0.1) is 18.7 Å². The highest BCUT2D eigenvalue weighted by molar-refractivity contribution is 5.85. The quantitative estimate of drug-likeness (QED) is 0.769. The second-order valence-corrected chi connectivity index (χ2v) is 8.36. The summed E-state index contributed by atoms with van der Waals surface area (Å²) in [5.41, 5.74) is -0.243. The maximum atomic E-state index is 13.4. The molecule has 3 rings (SSSR count). The van der Waals surface area contributed by atoms with Crippen molar-refractivity contribution in [3.63, 3.8) is 0 Å². The summed E-state index contributed by atoms with van der Waals surface area (Å²) in [5, 5.41) is 10.2. The van der Waals surface area contributed by atoms with Gasteiger partial charge in [-0.1, -0.05) is 19.9 Å². The number of aliphatic carboxylic acids is 1. The molecule has 0 aliphatic carbocycles. The molecule has 1 aliphatic rings. The van der Waals surface area contributed by atoms with Gasteiger partial charge < -0.3 is 14.4 Å². The highest BCUT2D eigenvalue weighted by atomic mass is 16.4. The number of carbonyl (C=O) groups excluding carboxylic acids is 1. The highest BCUT2D eigenvalue weighted by Gasteiger charge is 2.57. The lowest BCUT2D eigenvalue weighted by Crippen LogP contribution is -2.50. The molecule has 1 saturated heterocycles. The monoisotopic (exact) mass is 399 g/mol. The summed E-state index contributed by atoms with van der Waals surface area (Å²) in [6, 6.07) is 6.98. The zero-order valence-electron chi connectivity index (χ0n) is 17.4. The SMILES string of the molecule is CC(C)C[C@@]1(C(=O)O)C[C@H](C(=O)N(C)Cc2ccco2)[C@H](c2cccnc2)N1C. The molecule has 3 atom stereocenters. The standard InChI is InChI=1S/C22H29N3O4/c1-15(2)11-22(21(27)28)12-18(19(25(22)4)16-7-5-9-23-13-16)20(26)24(3)14-17-8-6-10-29-17/h5-10,13,15,18-19H,11-12,14H2,1-4H3,(H,27,28)/t18-,19-,22-/m0/s1. The van der Waals surface area contributed by atoms with Crippen LogP contribution in [0.25, 0.3) is 0 Å². The molecular weight excluding hydrogens is 370 g/mol. The van der Waals surface area contributed by atoms with Gasteiger partial charge in [-0.3, -0.25) is 19.5 Å². The number of hydrogen-bond donors (Lipinski definition) is 1. The van der Waals surface area contributed by atoms with Crippen LogP contribution in [0.5, 0.6) is 0 Å². The minimum Gasteiger partial charge on any atom is -0.480 e. The number of nitrogens with zero attached hydrogens (tertiary/aromatic N) is 3. The van der Waals surface area contributed by atoms with Gasteiger partial charge in [-0.2, -0.15) is 0 Å². The Labute approximate surface area is 171 Å². The molecule has 1 fully saturated rings. The Hall–Kier alpha value is -2.67. The van der Waals surface area contributed by atoms with Crippen LogP contribution in [0.4, 0.5) is 0 Å². The van der Waals surface area contributed by atoms with Gasteiger partial charge in [0.15, 0.2) is 0 Å². The lowest BCUT2D eigenvalue weighted by Gasteiger charge is -2.36. The first-order valence-electron chi connectivity index (χ1n) is 9.90. The molecule has 0 radical (unpaired) electrons. The average molecular weight is 399 g/mol. The number of rotatable bonds is 7. The van der Waals surface area contributed by atoms with Gasteiger partial charge in [0.25, 0.3) is 0 Å². The van der Waals surface area contributed by atoms with Crippen molar-refractivity contribution in [3.05, 3.63) is 54.2 Å². The Morgan fingerprint density at radius 2 is 2.14 bits per heavy atom. The van der Waals surface area contributed by atoms with E-state index in [1.54, 1.807) is 36.7 Å². The number of likely N-dealkylation sites (tertiary alicyclic amines) is 1. The van der Waals surface area contributed by atoms with Crippen LogP contribution in [0, 0.1) is 11.8 Å². The van der Waals surface area contributed by atoms with E-state index in [0.717, 1.165) is 5.56 Å². The van der Waals surface area contributed by atoms with Gasteiger partial charge in [-0.05, 0) is 49.6 Å². The zero-order valence-corrected chi connectivity index (χ0v) is 17.4. The summed E-state index contributed by atoms with van der Waals surface area (Å²) in [7, 11) is 3.54. The van der Waals surface area contributed by atoms with Crippen molar-refractivity contribution in [2.24, 2.45) is 11.8 Å². The van der Waals surface area contributed by atoms with Gasteiger partial charge in [-0.25, -0.2) is 0 Å². The fourth-order valence-corrected chi connectivity index (χ4v) is 4.61. The van der Waals surface area contributed by atoms with Crippen molar-refractivity contribution in [2.75, 3.05) is 14.1 Å². The highest BCUT2D eigenvalue weighted by Crippen LogP contribution is 2.49. The molecule has 1 N–H and O–H groups in total. The van der Waals surface area contributed by atoms with Crippen LogP contribution in [0.1, 0.15) is 44.1 Å². The predicted molar refractivity (Wildman–Crippen MR) is 108 cm³/mol. The Balaban J connectivity index is 1.97. The van der Waals surface area contributed by atoms with Crippen LogP contribution in [0.15, 0.2) is 47.3 Å². The van der Waals surface area contributed by atoms with Crippen molar-refractivity contribution in [3.8, 4) is 0 Å². The van der Waals surface area contributed by atoms with Gasteiger partial charge >= 0.3 is 5.97 Å². The molecule has 2 aromatic rings. The van der Waals surface area contributed by atoms with Gasteiger partial charge in [0.2, 0.25) is 5.91 Å². The Morgan fingerprint density at radius 3 is 2.69 bits per heavy atom. The molecule has 0 spiro atoms. The van der Waals surface area contributed by atoms with Crippen molar-refractivity contribution < 1.29 is 19.1 Å². The van der Waals surface area contributed by atoms with E-state index in [0.29, 0.717) is 18.7 Å². The smallest absolute Gasteiger partial charge is 0.324 e. The summed E-state index contributed by atoms with van der Waals surface area (Å²) in [5.74, 6) is -0.589. The van der Waals surface area contributed by atoms with Crippen LogP contribution in [0.2, 0.25) is 0 Å². The van der Waals surface area contributed by atoms with Crippen molar-refractivity contribution in [2.45, 2.75) is 44.8 Å². The third-order valence-corrected chi connectivity index (χ3v) is 5.87. The van der Waals surface area contributed by atoms with Crippen LogP contribution >= 0.6 is 0 Å². The van der Waals surface area contributed by atoms with E-state index in [9.17, 15) is 14.7 Å². The van der Waals surface area contributed by atoms with E-state index in [1.165, 1.54) is 0 Å². The van der Waals surface area contributed by atoms with E-state index >= 15 is 0 Å². The largest absolute Gasteiger partial charge is 0.480 e. The van der Waals surface area contributed by atoms with E-state index in [2.05, 4.69) is 4.98 Å². The summed E-state index contributed by atoms with van der Waals surface area (Å²) in [6.07, 6.45) is 5.71. The molecule has 156 valence electrons. The van der Waals surface area contributed by atoms with E-state index in [-0.39, 0.29) is 24.3 Å². The second kappa shape index (κ2) is 8.37. The molecule has 3 heterocycles. The van der Waals surface area contributed by atoms with Crippen LogP contribution in [-0.4, -0.2) is 51.4 Å². The number of carboxylic acids is 1. The number of carboxylic acid groups (broad SMARTS) is 1. The number of pyridine rings is 1. The summed E-state index contributed by atoms with van der Waals surface area (Å²) < 4.78 is 5.37. The number of amides is 1. The van der Waals surface area contributed by atoms with Crippen LogP contribution < -0.4 is 0 Å². The molecule has 0 aromatic carbocycles. The molecule has 2 aromatic heterocycles. The summed E-state index contributed by atoms with van der Waals surface area (Å²) in [4.78, 5) is 33.6. The lowest BCUT2D eigenvalue weighted by molar-refractivity contribution is -0.151. The fraction of sp³-hybridized carbons (Fsp3) is 0.500. The molecule has 0 saturated carbocycles. The molecule has 7 heteroatoms. The second-order valence-electron chi connectivity index (χ2n) is 8.36. The molecule has 7 nitrogen and oxygen atoms in total. The lowest BCUT2D eigenvalue weighted by atomic mass is 9.83. The Morgan fingerprint density at radius 1 is 1.38 bits per heavy atom. The molecule has 29 heavy (non-hydrogen) atoms. The molecule has 0 unspecified atom stereocenters. The predicted octanol–water partition coefficient (Wildman–Crippen LogP) is 3.20. The van der Waals surface area contributed by atoms with Gasteiger partial charge in [-0.15, -0.1) is 0 Å². The first-order chi connectivity index (χ1) is 13.8. The van der Waals surface area contributed by atoms with Crippen LogP contribution in [0.3, 0.4) is 0 Å². The molecular formula is C22H29N3O4. The molecule has 0 bridgehead atoms. The molecule has 1 amide bonds. The maximum absolute atomic E-state index is 13.4. The minimum absolute atomic E-state index is 0.0889. The number of carbonyl (C=O) groups is 2. The first kappa shape index (κ1) is 21.0. The van der Waals surface area contributed by atoms with Crippen molar-refractivity contribution in [1.82, 2.24) is 14.8 Å². The number of hydrogen-bond acceptors (Lipinski definition) is 5. The van der Waals surface area contributed by atoms with Gasteiger partial charge in [0.1, 0.15) is 11.3 Å². The molecule has 1 aliphatic heterocycles. The number of furan rings is 1. The summed E-state index contributed by atoms with van der Waals surface area (Å²) in [6.45, 7) is 4.36.